The van der Waals surface area contributed by atoms with Crippen LogP contribution in [0.4, 0.5) is 0 Å². The first-order valence-corrected chi connectivity index (χ1v) is 6.60. The largest absolute Gasteiger partial charge is 0.330 e. The van der Waals surface area contributed by atoms with Crippen molar-refractivity contribution in [3.63, 3.8) is 0 Å². The normalized spacial score (nSPS) is 18.8. The van der Waals surface area contributed by atoms with Crippen molar-refractivity contribution in [2.45, 2.75) is 32.7 Å². The maximum atomic E-state index is 5.62. The lowest BCUT2D eigenvalue weighted by Crippen LogP contribution is -2.33. The maximum absolute atomic E-state index is 5.62. The molecule has 0 saturated carbocycles. The Hall–Kier alpha value is -0.870. The summed E-state index contributed by atoms with van der Waals surface area (Å²) in [5.41, 5.74) is 8.27. The molecule has 0 aliphatic carbocycles. The lowest BCUT2D eigenvalue weighted by molar-refractivity contribution is 0.173. The SMILES string of the molecule is Cc1c(CN2CCC(CCN)CC2)cnn1C. The molecule has 2 heterocycles. The summed E-state index contributed by atoms with van der Waals surface area (Å²) >= 11 is 0. The van der Waals surface area contributed by atoms with E-state index in [1.807, 2.05) is 17.9 Å². The molecule has 1 aliphatic rings. The van der Waals surface area contributed by atoms with Crippen LogP contribution in [-0.2, 0) is 13.6 Å². The second-order valence-electron chi connectivity index (χ2n) is 5.18. The van der Waals surface area contributed by atoms with Gasteiger partial charge in [0.05, 0.1) is 6.20 Å². The molecule has 1 saturated heterocycles. The monoisotopic (exact) mass is 236 g/mol. The Labute approximate surface area is 104 Å². The van der Waals surface area contributed by atoms with E-state index in [2.05, 4.69) is 16.9 Å². The Morgan fingerprint density at radius 1 is 1.41 bits per heavy atom. The molecule has 0 bridgehead atoms. The van der Waals surface area contributed by atoms with Crippen LogP contribution in [-0.4, -0.2) is 34.3 Å². The summed E-state index contributed by atoms with van der Waals surface area (Å²) in [5, 5.41) is 4.30. The number of hydrogen-bond donors (Lipinski definition) is 1. The number of rotatable bonds is 4. The van der Waals surface area contributed by atoms with E-state index in [9.17, 15) is 0 Å². The molecule has 0 atom stereocenters. The first-order valence-electron chi connectivity index (χ1n) is 6.60. The van der Waals surface area contributed by atoms with Crippen LogP contribution < -0.4 is 5.73 Å². The molecule has 0 aromatic carbocycles. The zero-order chi connectivity index (χ0) is 12.3. The molecule has 0 unspecified atom stereocenters. The molecule has 0 radical (unpaired) electrons. The van der Waals surface area contributed by atoms with Crippen molar-refractivity contribution in [3.8, 4) is 0 Å². The predicted octanol–water partition coefficient (Wildman–Crippen LogP) is 1.29. The summed E-state index contributed by atoms with van der Waals surface area (Å²) in [5.74, 6) is 0.853. The Balaban J connectivity index is 1.84. The number of piperidine rings is 1. The molecule has 1 aliphatic heterocycles. The fourth-order valence-electron chi connectivity index (χ4n) is 2.61. The van der Waals surface area contributed by atoms with Crippen molar-refractivity contribution in [2.75, 3.05) is 19.6 Å². The van der Waals surface area contributed by atoms with E-state index in [0.29, 0.717) is 0 Å². The minimum absolute atomic E-state index is 0.840. The number of aromatic nitrogens is 2. The van der Waals surface area contributed by atoms with Gasteiger partial charge in [0.1, 0.15) is 0 Å². The number of nitrogens with two attached hydrogens (primary N) is 1. The van der Waals surface area contributed by atoms with Crippen LogP contribution in [0.1, 0.15) is 30.5 Å². The Bertz CT molecular complexity index is 350. The Morgan fingerprint density at radius 3 is 2.65 bits per heavy atom. The van der Waals surface area contributed by atoms with Gasteiger partial charge >= 0.3 is 0 Å². The second-order valence-corrected chi connectivity index (χ2v) is 5.18. The summed E-state index contributed by atoms with van der Waals surface area (Å²) < 4.78 is 1.95. The lowest BCUT2D eigenvalue weighted by Gasteiger charge is -2.31. The number of aryl methyl sites for hydroxylation is 1. The standard InChI is InChI=1S/C13H24N4/c1-11-13(9-15-16(11)2)10-17-7-4-12(3-6-14)5-8-17/h9,12H,3-8,10,14H2,1-2H3. The van der Waals surface area contributed by atoms with Crippen molar-refractivity contribution in [1.29, 1.82) is 0 Å². The highest BCUT2D eigenvalue weighted by molar-refractivity contribution is 5.15. The van der Waals surface area contributed by atoms with Gasteiger partial charge in [0.15, 0.2) is 0 Å². The zero-order valence-electron chi connectivity index (χ0n) is 11.0. The highest BCUT2D eigenvalue weighted by Gasteiger charge is 2.19. The highest BCUT2D eigenvalue weighted by Crippen LogP contribution is 2.21. The van der Waals surface area contributed by atoms with Crippen LogP contribution in [0.5, 0.6) is 0 Å². The number of nitrogens with zero attached hydrogens (tertiary/aromatic N) is 3. The third-order valence-electron chi connectivity index (χ3n) is 4.01. The average Bonchev–Trinajstić information content (AvgIpc) is 2.64. The zero-order valence-corrected chi connectivity index (χ0v) is 11.0. The van der Waals surface area contributed by atoms with Gasteiger partial charge in [0.25, 0.3) is 0 Å². The van der Waals surface area contributed by atoms with Gasteiger partial charge in [0.2, 0.25) is 0 Å². The van der Waals surface area contributed by atoms with Crippen LogP contribution in [0, 0.1) is 12.8 Å². The lowest BCUT2D eigenvalue weighted by atomic mass is 9.93. The smallest absolute Gasteiger partial charge is 0.0537 e. The number of likely N-dealkylation sites (tertiary alicyclic amines) is 1. The van der Waals surface area contributed by atoms with Gasteiger partial charge in [-0.3, -0.25) is 9.58 Å². The van der Waals surface area contributed by atoms with Crippen LogP contribution in [0.2, 0.25) is 0 Å². The molecule has 1 aromatic rings. The first kappa shape index (κ1) is 12.6. The molecule has 0 spiro atoms. The van der Waals surface area contributed by atoms with Gasteiger partial charge in [-0.1, -0.05) is 0 Å². The molecule has 0 amide bonds. The van der Waals surface area contributed by atoms with Crippen molar-refractivity contribution < 1.29 is 0 Å². The van der Waals surface area contributed by atoms with E-state index < -0.39 is 0 Å². The minimum Gasteiger partial charge on any atom is -0.330 e. The fraction of sp³-hybridized carbons (Fsp3) is 0.769. The molecule has 4 nitrogen and oxygen atoms in total. The van der Waals surface area contributed by atoms with E-state index in [0.717, 1.165) is 19.0 Å². The van der Waals surface area contributed by atoms with E-state index in [1.54, 1.807) is 0 Å². The Morgan fingerprint density at radius 2 is 2.12 bits per heavy atom. The van der Waals surface area contributed by atoms with Gasteiger partial charge in [-0.25, -0.2) is 0 Å². The van der Waals surface area contributed by atoms with Crippen molar-refractivity contribution in [1.82, 2.24) is 14.7 Å². The van der Waals surface area contributed by atoms with Crippen molar-refractivity contribution in [2.24, 2.45) is 18.7 Å². The average molecular weight is 236 g/mol. The summed E-state index contributed by atoms with van der Waals surface area (Å²) in [6, 6.07) is 0. The summed E-state index contributed by atoms with van der Waals surface area (Å²) in [6.07, 6.45) is 5.80. The summed E-state index contributed by atoms with van der Waals surface area (Å²) in [7, 11) is 2.01. The minimum atomic E-state index is 0.840. The molecular weight excluding hydrogens is 212 g/mol. The van der Waals surface area contributed by atoms with E-state index in [4.69, 9.17) is 5.73 Å². The summed E-state index contributed by atoms with van der Waals surface area (Å²) in [6.45, 7) is 6.45. The molecule has 2 rings (SSSR count). The van der Waals surface area contributed by atoms with Gasteiger partial charge in [-0.15, -0.1) is 0 Å². The van der Waals surface area contributed by atoms with E-state index >= 15 is 0 Å². The molecular formula is C13H24N4. The fourth-order valence-corrected chi connectivity index (χ4v) is 2.61. The first-order chi connectivity index (χ1) is 8.20. The number of hydrogen-bond acceptors (Lipinski definition) is 3. The van der Waals surface area contributed by atoms with E-state index in [1.165, 1.54) is 43.6 Å². The van der Waals surface area contributed by atoms with Gasteiger partial charge in [-0.05, 0) is 51.7 Å². The third kappa shape index (κ3) is 3.07. The van der Waals surface area contributed by atoms with Gasteiger partial charge < -0.3 is 5.73 Å². The molecule has 1 fully saturated rings. The molecule has 96 valence electrons. The molecule has 4 heteroatoms. The van der Waals surface area contributed by atoms with Gasteiger partial charge in [-0.2, -0.15) is 5.10 Å². The summed E-state index contributed by atoms with van der Waals surface area (Å²) in [4.78, 5) is 2.54. The van der Waals surface area contributed by atoms with E-state index in [-0.39, 0.29) is 0 Å². The third-order valence-corrected chi connectivity index (χ3v) is 4.01. The molecule has 17 heavy (non-hydrogen) atoms. The van der Waals surface area contributed by atoms with Crippen LogP contribution in [0.15, 0.2) is 6.20 Å². The Kier molecular flexibility index (Phi) is 4.18. The quantitative estimate of drug-likeness (QED) is 0.857. The molecule has 2 N–H and O–H groups in total. The van der Waals surface area contributed by atoms with Crippen LogP contribution in [0.25, 0.3) is 0 Å². The molecule has 1 aromatic heterocycles. The maximum Gasteiger partial charge on any atom is 0.0537 e. The van der Waals surface area contributed by atoms with Crippen LogP contribution in [0.3, 0.4) is 0 Å². The van der Waals surface area contributed by atoms with Crippen molar-refractivity contribution >= 4 is 0 Å². The highest BCUT2D eigenvalue weighted by atomic mass is 15.3. The topological polar surface area (TPSA) is 47.1 Å². The van der Waals surface area contributed by atoms with Crippen molar-refractivity contribution in [3.05, 3.63) is 17.5 Å². The predicted molar refractivity (Wildman–Crippen MR) is 69.6 cm³/mol. The second kappa shape index (κ2) is 5.65. The van der Waals surface area contributed by atoms with Gasteiger partial charge in [0, 0.05) is 24.8 Å². The van der Waals surface area contributed by atoms with Crippen LogP contribution >= 0.6 is 0 Å².